The van der Waals surface area contributed by atoms with Gasteiger partial charge in [0.1, 0.15) is 5.60 Å². The highest BCUT2D eigenvalue weighted by Crippen LogP contribution is 2.23. The molecule has 1 heterocycles. The third-order valence-corrected chi connectivity index (χ3v) is 4.39. The molecule has 2 aromatic carbocycles. The molecule has 24 heavy (non-hydrogen) atoms. The van der Waals surface area contributed by atoms with Crippen molar-refractivity contribution in [3.63, 3.8) is 0 Å². The van der Waals surface area contributed by atoms with Gasteiger partial charge in [0.15, 0.2) is 0 Å². The number of H-pyrrole nitrogens is 1. The molecule has 1 unspecified atom stereocenters. The summed E-state index contributed by atoms with van der Waals surface area (Å²) >= 11 is 0. The van der Waals surface area contributed by atoms with Gasteiger partial charge in [-0.05, 0) is 31.0 Å². The van der Waals surface area contributed by atoms with Crippen LogP contribution in [0.4, 0.5) is 0 Å². The standard InChI is InChI=1S/C20H22N2O2/c1-14-17(16-10-6-7-11-18(16)22-14)12-19(23)21-13-20(2,24)15-8-4-3-5-9-15/h3-11,22,24H,12-13H2,1-2H3,(H,21,23). The third kappa shape index (κ3) is 3.34. The largest absolute Gasteiger partial charge is 0.384 e. The summed E-state index contributed by atoms with van der Waals surface area (Å²) in [6.07, 6.45) is 0.292. The van der Waals surface area contributed by atoms with Crippen molar-refractivity contribution < 1.29 is 9.90 Å². The van der Waals surface area contributed by atoms with E-state index in [2.05, 4.69) is 10.3 Å². The lowest BCUT2D eigenvalue weighted by Gasteiger charge is -2.24. The molecule has 0 aliphatic heterocycles. The maximum atomic E-state index is 12.3. The Morgan fingerprint density at radius 3 is 2.54 bits per heavy atom. The molecule has 0 aliphatic carbocycles. The highest BCUT2D eigenvalue weighted by atomic mass is 16.3. The molecule has 0 fully saturated rings. The minimum Gasteiger partial charge on any atom is -0.384 e. The number of aromatic nitrogens is 1. The summed E-state index contributed by atoms with van der Waals surface area (Å²) in [5.74, 6) is -0.0981. The molecule has 0 aliphatic rings. The summed E-state index contributed by atoms with van der Waals surface area (Å²) in [5.41, 5.74) is 2.73. The molecule has 1 aromatic heterocycles. The van der Waals surface area contributed by atoms with Crippen molar-refractivity contribution in [1.82, 2.24) is 10.3 Å². The van der Waals surface area contributed by atoms with Crippen molar-refractivity contribution in [2.75, 3.05) is 6.54 Å². The minimum absolute atomic E-state index is 0.0981. The maximum absolute atomic E-state index is 12.3. The number of para-hydroxylation sites is 1. The lowest BCUT2D eigenvalue weighted by atomic mass is 9.96. The number of carbonyl (C=O) groups is 1. The Labute approximate surface area is 141 Å². The van der Waals surface area contributed by atoms with E-state index in [0.29, 0.717) is 6.42 Å². The molecule has 0 spiro atoms. The quantitative estimate of drug-likeness (QED) is 0.676. The van der Waals surface area contributed by atoms with Crippen LogP contribution < -0.4 is 5.32 Å². The smallest absolute Gasteiger partial charge is 0.224 e. The van der Waals surface area contributed by atoms with Crippen LogP contribution in [0.5, 0.6) is 0 Å². The molecule has 3 rings (SSSR count). The van der Waals surface area contributed by atoms with Gasteiger partial charge in [-0.3, -0.25) is 4.79 Å². The summed E-state index contributed by atoms with van der Waals surface area (Å²) in [5, 5.41) is 14.5. The van der Waals surface area contributed by atoms with Crippen molar-refractivity contribution in [3.05, 3.63) is 71.4 Å². The molecule has 0 radical (unpaired) electrons. The Kier molecular flexibility index (Phi) is 4.40. The molecule has 4 nitrogen and oxygen atoms in total. The van der Waals surface area contributed by atoms with Crippen molar-refractivity contribution in [2.45, 2.75) is 25.9 Å². The van der Waals surface area contributed by atoms with E-state index in [1.165, 1.54) is 0 Å². The van der Waals surface area contributed by atoms with Gasteiger partial charge in [0.05, 0.1) is 13.0 Å². The highest BCUT2D eigenvalue weighted by molar-refractivity contribution is 5.90. The van der Waals surface area contributed by atoms with E-state index < -0.39 is 5.60 Å². The summed E-state index contributed by atoms with van der Waals surface area (Å²) in [4.78, 5) is 15.6. The molecule has 1 amide bonds. The van der Waals surface area contributed by atoms with Crippen LogP contribution in [-0.4, -0.2) is 22.5 Å². The van der Waals surface area contributed by atoms with E-state index in [9.17, 15) is 9.90 Å². The topological polar surface area (TPSA) is 65.1 Å². The zero-order valence-electron chi connectivity index (χ0n) is 14.0. The van der Waals surface area contributed by atoms with E-state index in [1.807, 2.05) is 61.5 Å². The average Bonchev–Trinajstić information content (AvgIpc) is 2.90. The zero-order valence-corrected chi connectivity index (χ0v) is 14.0. The number of amides is 1. The first-order valence-corrected chi connectivity index (χ1v) is 8.08. The summed E-state index contributed by atoms with van der Waals surface area (Å²) in [6, 6.07) is 17.3. The number of benzene rings is 2. The van der Waals surface area contributed by atoms with Crippen molar-refractivity contribution in [3.8, 4) is 0 Å². The Morgan fingerprint density at radius 2 is 1.79 bits per heavy atom. The predicted molar refractivity (Wildman–Crippen MR) is 95.8 cm³/mol. The second-order valence-corrected chi connectivity index (χ2v) is 6.37. The summed E-state index contributed by atoms with van der Waals surface area (Å²) in [6.45, 7) is 3.86. The predicted octanol–water partition coefficient (Wildman–Crippen LogP) is 3.04. The molecule has 3 N–H and O–H groups in total. The second kappa shape index (κ2) is 6.49. The first-order valence-electron chi connectivity index (χ1n) is 8.08. The molecule has 0 bridgehead atoms. The number of carbonyl (C=O) groups excluding carboxylic acids is 1. The van der Waals surface area contributed by atoms with Crippen LogP contribution in [0.15, 0.2) is 54.6 Å². The molecule has 3 aromatic rings. The Morgan fingerprint density at radius 1 is 1.12 bits per heavy atom. The van der Waals surface area contributed by atoms with Gasteiger partial charge in [-0.15, -0.1) is 0 Å². The number of rotatable bonds is 5. The Balaban J connectivity index is 1.68. The van der Waals surface area contributed by atoms with E-state index in [4.69, 9.17) is 0 Å². The molecule has 0 saturated heterocycles. The summed E-state index contributed by atoms with van der Waals surface area (Å²) in [7, 11) is 0. The fourth-order valence-corrected chi connectivity index (χ4v) is 2.96. The van der Waals surface area contributed by atoms with Gasteiger partial charge in [-0.1, -0.05) is 48.5 Å². The van der Waals surface area contributed by atoms with Crippen LogP contribution >= 0.6 is 0 Å². The van der Waals surface area contributed by atoms with Crippen LogP contribution in [-0.2, 0) is 16.8 Å². The van der Waals surface area contributed by atoms with Gasteiger partial charge in [0.2, 0.25) is 5.91 Å². The van der Waals surface area contributed by atoms with Crippen LogP contribution in [0.3, 0.4) is 0 Å². The minimum atomic E-state index is -1.09. The number of fused-ring (bicyclic) bond motifs is 1. The Hall–Kier alpha value is -2.59. The van der Waals surface area contributed by atoms with Crippen LogP contribution in [0.2, 0.25) is 0 Å². The van der Waals surface area contributed by atoms with Crippen molar-refractivity contribution in [2.24, 2.45) is 0 Å². The monoisotopic (exact) mass is 322 g/mol. The lowest BCUT2D eigenvalue weighted by molar-refractivity contribution is -0.121. The normalized spacial score (nSPS) is 13.6. The lowest BCUT2D eigenvalue weighted by Crippen LogP contribution is -2.39. The van der Waals surface area contributed by atoms with Gasteiger partial charge in [-0.25, -0.2) is 0 Å². The van der Waals surface area contributed by atoms with Gasteiger partial charge >= 0.3 is 0 Å². The molecule has 0 saturated carbocycles. The van der Waals surface area contributed by atoms with Gasteiger partial charge in [0, 0.05) is 16.6 Å². The molecular formula is C20H22N2O2. The Bertz CT molecular complexity index is 850. The number of hydrogen-bond donors (Lipinski definition) is 3. The van der Waals surface area contributed by atoms with Crippen LogP contribution in [0.1, 0.15) is 23.7 Å². The third-order valence-electron chi connectivity index (χ3n) is 4.39. The summed E-state index contributed by atoms with van der Waals surface area (Å²) < 4.78 is 0. The van der Waals surface area contributed by atoms with Crippen molar-refractivity contribution in [1.29, 1.82) is 0 Å². The maximum Gasteiger partial charge on any atom is 0.224 e. The number of aromatic amines is 1. The van der Waals surface area contributed by atoms with Crippen LogP contribution in [0, 0.1) is 6.92 Å². The van der Waals surface area contributed by atoms with Crippen molar-refractivity contribution >= 4 is 16.8 Å². The second-order valence-electron chi connectivity index (χ2n) is 6.37. The number of hydrogen-bond acceptors (Lipinski definition) is 2. The SMILES string of the molecule is Cc1[nH]c2ccccc2c1CC(=O)NCC(C)(O)c1ccccc1. The first kappa shape index (κ1) is 16.3. The van der Waals surface area contributed by atoms with Gasteiger partial charge in [0.25, 0.3) is 0 Å². The molecule has 4 heteroatoms. The highest BCUT2D eigenvalue weighted by Gasteiger charge is 2.23. The van der Waals surface area contributed by atoms with Crippen LogP contribution in [0.25, 0.3) is 10.9 Å². The number of nitrogens with one attached hydrogen (secondary N) is 2. The van der Waals surface area contributed by atoms with Gasteiger partial charge < -0.3 is 15.4 Å². The van der Waals surface area contributed by atoms with E-state index >= 15 is 0 Å². The van der Waals surface area contributed by atoms with E-state index in [1.54, 1.807) is 6.92 Å². The fraction of sp³-hybridized carbons (Fsp3) is 0.250. The number of aliphatic hydroxyl groups is 1. The first-order chi connectivity index (χ1) is 11.5. The molecule has 124 valence electrons. The molecular weight excluding hydrogens is 300 g/mol. The number of aryl methyl sites for hydroxylation is 1. The molecule has 1 atom stereocenters. The fourth-order valence-electron chi connectivity index (χ4n) is 2.96. The zero-order chi connectivity index (χ0) is 17.2. The van der Waals surface area contributed by atoms with E-state index in [0.717, 1.165) is 27.7 Å². The van der Waals surface area contributed by atoms with E-state index in [-0.39, 0.29) is 12.5 Å². The average molecular weight is 322 g/mol. The van der Waals surface area contributed by atoms with Gasteiger partial charge in [-0.2, -0.15) is 0 Å².